The van der Waals surface area contributed by atoms with E-state index in [9.17, 15) is 0 Å². The molecule has 1 aromatic heterocycles. The standard InChI is InChI=1S/C9H11N3S/c1-13-6-5-12-9-8(7-10)3-2-4-11-9/h2-4H,5-6H2,1H3,(H,11,12). The summed E-state index contributed by atoms with van der Waals surface area (Å²) < 4.78 is 0. The van der Waals surface area contributed by atoms with Crippen molar-refractivity contribution in [1.29, 1.82) is 5.26 Å². The average molecular weight is 193 g/mol. The molecule has 0 aliphatic carbocycles. The van der Waals surface area contributed by atoms with Crippen LogP contribution in [0.1, 0.15) is 5.56 Å². The van der Waals surface area contributed by atoms with Gasteiger partial charge in [-0.05, 0) is 18.4 Å². The monoisotopic (exact) mass is 193 g/mol. The van der Waals surface area contributed by atoms with E-state index in [-0.39, 0.29) is 0 Å². The summed E-state index contributed by atoms with van der Waals surface area (Å²) in [6.45, 7) is 0.840. The number of hydrogen-bond donors (Lipinski definition) is 1. The molecule has 4 heteroatoms. The summed E-state index contributed by atoms with van der Waals surface area (Å²) in [4.78, 5) is 4.08. The van der Waals surface area contributed by atoms with E-state index in [0.29, 0.717) is 11.4 Å². The molecule has 0 radical (unpaired) electrons. The first-order valence-corrected chi connectivity index (χ1v) is 5.36. The molecule has 1 aromatic rings. The lowest BCUT2D eigenvalue weighted by molar-refractivity contribution is 1.16. The van der Waals surface area contributed by atoms with Gasteiger partial charge in [-0.25, -0.2) is 4.98 Å². The van der Waals surface area contributed by atoms with Crippen LogP contribution < -0.4 is 5.32 Å². The molecule has 0 fully saturated rings. The fourth-order valence-electron chi connectivity index (χ4n) is 0.908. The molecule has 0 aliphatic heterocycles. The van der Waals surface area contributed by atoms with Crippen molar-refractivity contribution in [3.05, 3.63) is 23.9 Å². The molecule has 0 saturated heterocycles. The fraction of sp³-hybridized carbons (Fsp3) is 0.333. The van der Waals surface area contributed by atoms with Crippen LogP contribution in [0.25, 0.3) is 0 Å². The second-order valence-electron chi connectivity index (χ2n) is 2.43. The van der Waals surface area contributed by atoms with Crippen molar-refractivity contribution in [2.24, 2.45) is 0 Å². The second-order valence-corrected chi connectivity index (χ2v) is 3.42. The molecule has 0 unspecified atom stereocenters. The van der Waals surface area contributed by atoms with E-state index in [0.717, 1.165) is 12.3 Å². The van der Waals surface area contributed by atoms with E-state index in [1.165, 1.54) is 0 Å². The van der Waals surface area contributed by atoms with Crippen molar-refractivity contribution in [2.75, 3.05) is 23.9 Å². The first kappa shape index (κ1) is 9.87. The van der Waals surface area contributed by atoms with E-state index in [1.807, 2.05) is 6.26 Å². The van der Waals surface area contributed by atoms with Crippen LogP contribution in [0.3, 0.4) is 0 Å². The smallest absolute Gasteiger partial charge is 0.143 e. The van der Waals surface area contributed by atoms with Crippen molar-refractivity contribution in [3.8, 4) is 6.07 Å². The zero-order chi connectivity index (χ0) is 9.52. The molecule has 0 aliphatic rings. The maximum absolute atomic E-state index is 8.74. The molecule has 68 valence electrons. The number of aromatic nitrogens is 1. The third-order valence-electron chi connectivity index (χ3n) is 1.53. The van der Waals surface area contributed by atoms with Gasteiger partial charge in [-0.1, -0.05) is 0 Å². The van der Waals surface area contributed by atoms with Gasteiger partial charge in [0.2, 0.25) is 0 Å². The summed E-state index contributed by atoms with van der Waals surface area (Å²) >= 11 is 1.76. The van der Waals surface area contributed by atoms with Crippen LogP contribution in [0, 0.1) is 11.3 Å². The zero-order valence-corrected chi connectivity index (χ0v) is 8.27. The molecular formula is C9H11N3S. The highest BCUT2D eigenvalue weighted by atomic mass is 32.2. The normalized spacial score (nSPS) is 9.23. The van der Waals surface area contributed by atoms with Gasteiger partial charge in [0.25, 0.3) is 0 Å². The highest BCUT2D eigenvalue weighted by Gasteiger charge is 1.99. The van der Waals surface area contributed by atoms with Gasteiger partial charge in [-0.15, -0.1) is 0 Å². The summed E-state index contributed by atoms with van der Waals surface area (Å²) in [7, 11) is 0. The summed E-state index contributed by atoms with van der Waals surface area (Å²) in [5, 5.41) is 11.9. The Morgan fingerprint density at radius 1 is 1.69 bits per heavy atom. The van der Waals surface area contributed by atoms with Crippen LogP contribution in [-0.2, 0) is 0 Å². The van der Waals surface area contributed by atoms with E-state index in [1.54, 1.807) is 30.1 Å². The minimum Gasteiger partial charge on any atom is -0.368 e. The van der Waals surface area contributed by atoms with Gasteiger partial charge in [-0.2, -0.15) is 17.0 Å². The van der Waals surface area contributed by atoms with Crippen LogP contribution in [-0.4, -0.2) is 23.5 Å². The molecule has 0 saturated carbocycles. The lowest BCUT2D eigenvalue weighted by atomic mass is 10.3. The first-order valence-electron chi connectivity index (χ1n) is 3.96. The van der Waals surface area contributed by atoms with E-state index in [2.05, 4.69) is 16.4 Å². The first-order chi connectivity index (χ1) is 6.38. The van der Waals surface area contributed by atoms with Crippen LogP contribution >= 0.6 is 11.8 Å². The van der Waals surface area contributed by atoms with Gasteiger partial charge in [0.1, 0.15) is 11.9 Å². The highest BCUT2D eigenvalue weighted by molar-refractivity contribution is 7.98. The summed E-state index contributed by atoms with van der Waals surface area (Å²) in [6.07, 6.45) is 3.73. The van der Waals surface area contributed by atoms with Crippen LogP contribution in [0.2, 0.25) is 0 Å². The Morgan fingerprint density at radius 2 is 2.54 bits per heavy atom. The predicted molar refractivity (Wildman–Crippen MR) is 55.8 cm³/mol. The molecule has 3 nitrogen and oxygen atoms in total. The number of rotatable bonds is 4. The van der Waals surface area contributed by atoms with Gasteiger partial charge < -0.3 is 5.32 Å². The van der Waals surface area contributed by atoms with Crippen molar-refractivity contribution in [3.63, 3.8) is 0 Å². The van der Waals surface area contributed by atoms with Crippen molar-refractivity contribution < 1.29 is 0 Å². The summed E-state index contributed by atoms with van der Waals surface area (Å²) in [6, 6.07) is 5.61. The minimum absolute atomic E-state index is 0.601. The SMILES string of the molecule is CSCCNc1ncccc1C#N. The average Bonchev–Trinajstić information content (AvgIpc) is 2.19. The Bertz CT molecular complexity index is 306. The van der Waals surface area contributed by atoms with Gasteiger partial charge in [0.05, 0.1) is 5.56 Å². The van der Waals surface area contributed by atoms with Gasteiger partial charge in [0.15, 0.2) is 0 Å². The second kappa shape index (κ2) is 5.44. The van der Waals surface area contributed by atoms with E-state index >= 15 is 0 Å². The molecule has 0 aromatic carbocycles. The number of anilines is 1. The maximum Gasteiger partial charge on any atom is 0.143 e. The molecule has 13 heavy (non-hydrogen) atoms. The Morgan fingerprint density at radius 3 is 3.23 bits per heavy atom. The molecule has 1 N–H and O–H groups in total. The number of pyridine rings is 1. The molecule has 0 amide bonds. The summed E-state index contributed by atoms with van der Waals surface area (Å²) in [5.41, 5.74) is 0.601. The Labute approximate surface area is 82.2 Å². The van der Waals surface area contributed by atoms with Gasteiger partial charge >= 0.3 is 0 Å². The molecule has 0 bridgehead atoms. The number of thioether (sulfide) groups is 1. The van der Waals surface area contributed by atoms with Gasteiger partial charge in [0, 0.05) is 18.5 Å². The fourth-order valence-corrected chi connectivity index (χ4v) is 1.21. The molecule has 0 atom stereocenters. The van der Waals surface area contributed by atoms with Crippen LogP contribution in [0.5, 0.6) is 0 Å². The minimum atomic E-state index is 0.601. The van der Waals surface area contributed by atoms with Gasteiger partial charge in [-0.3, -0.25) is 0 Å². The molecule has 1 rings (SSSR count). The lowest BCUT2D eigenvalue weighted by Crippen LogP contribution is -2.06. The Kier molecular flexibility index (Phi) is 4.13. The summed E-state index contributed by atoms with van der Waals surface area (Å²) in [5.74, 6) is 1.69. The molecular weight excluding hydrogens is 182 g/mol. The Hall–Kier alpha value is -1.21. The van der Waals surface area contributed by atoms with Crippen molar-refractivity contribution in [1.82, 2.24) is 4.98 Å². The number of nitrogens with zero attached hydrogens (tertiary/aromatic N) is 2. The van der Waals surface area contributed by atoms with E-state index < -0.39 is 0 Å². The quantitative estimate of drug-likeness (QED) is 0.740. The van der Waals surface area contributed by atoms with Crippen molar-refractivity contribution in [2.45, 2.75) is 0 Å². The lowest BCUT2D eigenvalue weighted by Gasteiger charge is -2.04. The van der Waals surface area contributed by atoms with E-state index in [4.69, 9.17) is 5.26 Å². The number of nitrogens with one attached hydrogen (secondary N) is 1. The number of nitriles is 1. The topological polar surface area (TPSA) is 48.7 Å². The molecule has 1 heterocycles. The molecule has 0 spiro atoms. The zero-order valence-electron chi connectivity index (χ0n) is 7.45. The van der Waals surface area contributed by atoms with Crippen LogP contribution in [0.15, 0.2) is 18.3 Å². The van der Waals surface area contributed by atoms with Crippen LogP contribution in [0.4, 0.5) is 5.82 Å². The third-order valence-corrected chi connectivity index (χ3v) is 2.14. The third kappa shape index (κ3) is 2.96. The maximum atomic E-state index is 8.74. The Balaban J connectivity index is 2.60. The largest absolute Gasteiger partial charge is 0.368 e. The predicted octanol–water partition coefficient (Wildman–Crippen LogP) is 1.73. The highest BCUT2D eigenvalue weighted by Crippen LogP contribution is 2.09. The van der Waals surface area contributed by atoms with Crippen molar-refractivity contribution >= 4 is 17.6 Å². The number of hydrogen-bond acceptors (Lipinski definition) is 4.